The van der Waals surface area contributed by atoms with Crippen molar-refractivity contribution in [2.45, 2.75) is 25.5 Å². The first kappa shape index (κ1) is 17.7. The van der Waals surface area contributed by atoms with Crippen molar-refractivity contribution < 1.29 is 24.5 Å². The molecule has 2 unspecified atom stereocenters. The van der Waals surface area contributed by atoms with Crippen LogP contribution in [0.5, 0.6) is 5.75 Å². The van der Waals surface area contributed by atoms with E-state index < -0.39 is 24.0 Å². The average Bonchev–Trinajstić information content (AvgIpc) is 2.41. The van der Waals surface area contributed by atoms with Crippen molar-refractivity contribution in [3.05, 3.63) is 27.7 Å². The molecule has 1 rings (SSSR count). The van der Waals surface area contributed by atoms with E-state index in [0.29, 0.717) is 15.2 Å². The molecular weight excluding hydrogens is 366 g/mol. The van der Waals surface area contributed by atoms with Crippen LogP contribution in [0.25, 0.3) is 0 Å². The highest BCUT2D eigenvalue weighted by molar-refractivity contribution is 9.10. The molecule has 21 heavy (non-hydrogen) atoms. The molecule has 2 atom stereocenters. The van der Waals surface area contributed by atoms with Crippen molar-refractivity contribution in [3.63, 3.8) is 0 Å². The summed E-state index contributed by atoms with van der Waals surface area (Å²) < 4.78 is 6.03. The van der Waals surface area contributed by atoms with Gasteiger partial charge >= 0.3 is 5.97 Å². The number of nitrogens with one attached hydrogen (secondary N) is 1. The van der Waals surface area contributed by atoms with Crippen LogP contribution >= 0.6 is 27.5 Å². The standard InChI is InChI=1S/C13H15BrClNO5/c1-7(12(18)16-10(4-5-17)13(19)20)21-11-3-2-8(15)6-9(11)14/h2-3,6-7,10,17H,4-5H2,1H3,(H,16,18)(H,19,20). The monoisotopic (exact) mass is 379 g/mol. The zero-order chi connectivity index (χ0) is 16.0. The molecule has 6 nitrogen and oxygen atoms in total. The van der Waals surface area contributed by atoms with Gasteiger partial charge in [-0.1, -0.05) is 11.6 Å². The third-order valence-electron chi connectivity index (χ3n) is 2.60. The summed E-state index contributed by atoms with van der Waals surface area (Å²) in [6.07, 6.45) is -0.971. The molecule has 0 aliphatic carbocycles. The molecule has 0 heterocycles. The van der Waals surface area contributed by atoms with Crippen LogP contribution in [0.15, 0.2) is 22.7 Å². The Hall–Kier alpha value is -1.31. The van der Waals surface area contributed by atoms with Crippen molar-refractivity contribution in [2.24, 2.45) is 0 Å². The zero-order valence-corrected chi connectivity index (χ0v) is 13.5. The maximum absolute atomic E-state index is 11.9. The number of hydrogen-bond donors (Lipinski definition) is 3. The Kier molecular flexibility index (Phi) is 6.94. The fraction of sp³-hybridized carbons (Fsp3) is 0.385. The van der Waals surface area contributed by atoms with Crippen LogP contribution in [-0.4, -0.2) is 40.8 Å². The molecule has 0 spiro atoms. The van der Waals surface area contributed by atoms with Crippen molar-refractivity contribution in [2.75, 3.05) is 6.61 Å². The number of carboxylic acid groups (broad SMARTS) is 1. The summed E-state index contributed by atoms with van der Waals surface area (Å²) in [5.41, 5.74) is 0. The van der Waals surface area contributed by atoms with Crippen LogP contribution in [0.1, 0.15) is 13.3 Å². The van der Waals surface area contributed by atoms with Gasteiger partial charge in [0.05, 0.1) is 4.47 Å². The highest BCUT2D eigenvalue weighted by Crippen LogP contribution is 2.28. The van der Waals surface area contributed by atoms with Gasteiger partial charge in [0.1, 0.15) is 11.8 Å². The second-order valence-electron chi connectivity index (χ2n) is 4.25. The normalized spacial score (nSPS) is 13.3. The molecule has 1 aromatic rings. The number of rotatable bonds is 7. The van der Waals surface area contributed by atoms with E-state index in [9.17, 15) is 9.59 Å². The minimum absolute atomic E-state index is 0.0710. The van der Waals surface area contributed by atoms with Crippen LogP contribution in [0.2, 0.25) is 5.02 Å². The number of halogens is 2. The maximum Gasteiger partial charge on any atom is 0.326 e. The fourth-order valence-corrected chi connectivity index (χ4v) is 2.27. The quantitative estimate of drug-likeness (QED) is 0.670. The number of amides is 1. The Bertz CT molecular complexity index is 525. The van der Waals surface area contributed by atoms with Crippen molar-refractivity contribution >= 4 is 39.4 Å². The second-order valence-corrected chi connectivity index (χ2v) is 5.54. The zero-order valence-electron chi connectivity index (χ0n) is 11.2. The second kappa shape index (κ2) is 8.21. The molecule has 116 valence electrons. The lowest BCUT2D eigenvalue weighted by atomic mass is 10.2. The summed E-state index contributed by atoms with van der Waals surface area (Å²) in [4.78, 5) is 22.8. The van der Waals surface area contributed by atoms with Crippen LogP contribution < -0.4 is 10.1 Å². The fourth-order valence-electron chi connectivity index (χ4n) is 1.49. The number of carboxylic acids is 1. The van der Waals surface area contributed by atoms with E-state index in [1.54, 1.807) is 18.2 Å². The van der Waals surface area contributed by atoms with Gasteiger partial charge in [0.15, 0.2) is 6.10 Å². The highest BCUT2D eigenvalue weighted by Gasteiger charge is 2.23. The van der Waals surface area contributed by atoms with Crippen LogP contribution in [0.3, 0.4) is 0 Å². The Balaban J connectivity index is 2.67. The van der Waals surface area contributed by atoms with Gasteiger partial charge in [-0.2, -0.15) is 0 Å². The van der Waals surface area contributed by atoms with Crippen molar-refractivity contribution in [1.82, 2.24) is 5.32 Å². The molecule has 1 aromatic carbocycles. The van der Waals surface area contributed by atoms with Crippen LogP contribution in [0.4, 0.5) is 0 Å². The lowest BCUT2D eigenvalue weighted by Gasteiger charge is -2.19. The van der Waals surface area contributed by atoms with Gasteiger partial charge in [-0.15, -0.1) is 0 Å². The molecular formula is C13H15BrClNO5. The van der Waals surface area contributed by atoms with Gasteiger partial charge in [-0.05, 0) is 41.1 Å². The van der Waals surface area contributed by atoms with Crippen molar-refractivity contribution in [3.8, 4) is 5.75 Å². The number of carbonyl (C=O) groups excluding carboxylic acids is 1. The summed E-state index contributed by atoms with van der Waals surface area (Å²) in [7, 11) is 0. The third-order valence-corrected chi connectivity index (χ3v) is 3.45. The van der Waals surface area contributed by atoms with E-state index in [-0.39, 0.29) is 13.0 Å². The van der Waals surface area contributed by atoms with Gasteiger partial charge in [0.2, 0.25) is 0 Å². The van der Waals surface area contributed by atoms with Gasteiger partial charge in [0, 0.05) is 18.1 Å². The minimum atomic E-state index is -1.21. The highest BCUT2D eigenvalue weighted by atomic mass is 79.9. The van der Waals surface area contributed by atoms with E-state index in [1.165, 1.54) is 6.92 Å². The first-order valence-electron chi connectivity index (χ1n) is 6.11. The summed E-state index contributed by atoms with van der Waals surface area (Å²) >= 11 is 9.06. The topological polar surface area (TPSA) is 95.9 Å². The summed E-state index contributed by atoms with van der Waals surface area (Å²) in [5, 5.41) is 20.5. The number of aliphatic hydroxyl groups excluding tert-OH is 1. The predicted octanol–water partition coefficient (Wildman–Crippen LogP) is 1.82. The van der Waals surface area contributed by atoms with E-state index in [2.05, 4.69) is 21.2 Å². The molecule has 1 amide bonds. The smallest absolute Gasteiger partial charge is 0.326 e. The number of aliphatic hydroxyl groups is 1. The molecule has 0 aromatic heterocycles. The Labute approximate surface area is 135 Å². The Morgan fingerprint density at radius 2 is 2.14 bits per heavy atom. The number of hydrogen-bond acceptors (Lipinski definition) is 4. The van der Waals surface area contributed by atoms with Gasteiger partial charge in [0.25, 0.3) is 5.91 Å². The summed E-state index contributed by atoms with van der Waals surface area (Å²) in [5.74, 6) is -1.38. The maximum atomic E-state index is 11.9. The number of aliphatic carboxylic acids is 1. The van der Waals surface area contributed by atoms with Gasteiger partial charge < -0.3 is 20.3 Å². The van der Waals surface area contributed by atoms with Gasteiger partial charge in [-0.3, -0.25) is 4.79 Å². The molecule has 0 radical (unpaired) electrons. The number of benzene rings is 1. The lowest BCUT2D eigenvalue weighted by Crippen LogP contribution is -2.46. The summed E-state index contributed by atoms with van der Waals surface area (Å²) in [6, 6.07) is 3.67. The molecule has 3 N–H and O–H groups in total. The predicted molar refractivity (Wildman–Crippen MR) is 80.5 cm³/mol. The van der Waals surface area contributed by atoms with E-state index in [4.69, 9.17) is 26.6 Å². The molecule has 0 aliphatic rings. The molecule has 0 bridgehead atoms. The minimum Gasteiger partial charge on any atom is -0.480 e. The first-order valence-corrected chi connectivity index (χ1v) is 7.28. The molecule has 0 fully saturated rings. The third kappa shape index (κ3) is 5.53. The van der Waals surface area contributed by atoms with Gasteiger partial charge in [-0.25, -0.2) is 4.79 Å². The van der Waals surface area contributed by atoms with Crippen LogP contribution in [0, 0.1) is 0 Å². The van der Waals surface area contributed by atoms with E-state index in [0.717, 1.165) is 0 Å². The average molecular weight is 381 g/mol. The molecule has 0 aliphatic heterocycles. The first-order chi connectivity index (χ1) is 9.85. The van der Waals surface area contributed by atoms with E-state index in [1.807, 2.05) is 0 Å². The van der Waals surface area contributed by atoms with E-state index >= 15 is 0 Å². The lowest BCUT2D eigenvalue weighted by molar-refractivity contribution is -0.143. The Morgan fingerprint density at radius 3 is 2.67 bits per heavy atom. The van der Waals surface area contributed by atoms with Crippen molar-refractivity contribution in [1.29, 1.82) is 0 Å². The number of ether oxygens (including phenoxy) is 1. The van der Waals surface area contributed by atoms with Crippen LogP contribution in [-0.2, 0) is 9.59 Å². The largest absolute Gasteiger partial charge is 0.480 e. The molecule has 0 saturated heterocycles. The SMILES string of the molecule is CC(Oc1ccc(Cl)cc1Br)C(=O)NC(CCO)C(=O)O. The Morgan fingerprint density at radius 1 is 1.48 bits per heavy atom. The molecule has 0 saturated carbocycles. The summed E-state index contributed by atoms with van der Waals surface area (Å²) in [6.45, 7) is 1.16. The number of carbonyl (C=O) groups is 2. The molecule has 8 heteroatoms.